The number of benzene rings is 1. The first-order valence-electron chi connectivity index (χ1n) is 9.01. The van der Waals surface area contributed by atoms with E-state index in [1.807, 2.05) is 43.3 Å². The van der Waals surface area contributed by atoms with Crippen LogP contribution in [-0.4, -0.2) is 34.5 Å². The van der Waals surface area contributed by atoms with Crippen molar-refractivity contribution in [2.75, 3.05) is 6.79 Å². The number of pyridine rings is 1. The Hall–Kier alpha value is -3.09. The van der Waals surface area contributed by atoms with Crippen LogP contribution in [0, 0.1) is 0 Å². The molecule has 27 heavy (non-hydrogen) atoms. The van der Waals surface area contributed by atoms with Gasteiger partial charge in [0.15, 0.2) is 11.5 Å². The van der Waals surface area contributed by atoms with E-state index in [0.29, 0.717) is 30.9 Å². The highest BCUT2D eigenvalue weighted by Gasteiger charge is 2.36. The van der Waals surface area contributed by atoms with Gasteiger partial charge in [-0.1, -0.05) is 12.1 Å². The molecule has 0 spiro atoms. The molecule has 2 atom stereocenters. The summed E-state index contributed by atoms with van der Waals surface area (Å²) in [5, 5.41) is 2.98. The van der Waals surface area contributed by atoms with Crippen LogP contribution in [0.4, 0.5) is 0 Å². The number of fused-ring (bicyclic) bond motifs is 1. The average molecular weight is 367 g/mol. The number of hydrogen-bond acceptors (Lipinski definition) is 5. The van der Waals surface area contributed by atoms with Crippen LogP contribution in [0.2, 0.25) is 0 Å². The van der Waals surface area contributed by atoms with Gasteiger partial charge in [0.1, 0.15) is 6.04 Å². The molecule has 2 aromatic rings. The standard InChI is InChI=1S/C20H21N3O4/c1-13(15-4-2-3-9-21-15)22-20(25)16-6-8-19(24)23(16)11-14-5-7-17-18(10-14)27-12-26-17/h2-5,7,9-10,13,16H,6,8,11-12H2,1H3,(H,22,25). The van der Waals surface area contributed by atoms with Gasteiger partial charge in [-0.2, -0.15) is 0 Å². The monoisotopic (exact) mass is 367 g/mol. The molecule has 4 rings (SSSR count). The lowest BCUT2D eigenvalue weighted by atomic mass is 10.1. The molecule has 7 nitrogen and oxygen atoms in total. The largest absolute Gasteiger partial charge is 0.454 e. The highest BCUT2D eigenvalue weighted by molar-refractivity contribution is 5.91. The predicted molar refractivity (Wildman–Crippen MR) is 96.9 cm³/mol. The van der Waals surface area contributed by atoms with E-state index in [2.05, 4.69) is 10.3 Å². The van der Waals surface area contributed by atoms with E-state index in [0.717, 1.165) is 11.3 Å². The summed E-state index contributed by atoms with van der Waals surface area (Å²) in [4.78, 5) is 31.1. The Kier molecular flexibility index (Phi) is 4.66. The zero-order chi connectivity index (χ0) is 18.8. The number of nitrogens with zero attached hydrogens (tertiary/aromatic N) is 2. The summed E-state index contributed by atoms with van der Waals surface area (Å²) >= 11 is 0. The van der Waals surface area contributed by atoms with Crippen molar-refractivity contribution in [3.05, 3.63) is 53.9 Å². The zero-order valence-corrected chi connectivity index (χ0v) is 15.1. The fraction of sp³-hybridized carbons (Fsp3) is 0.350. The van der Waals surface area contributed by atoms with Gasteiger partial charge in [-0.15, -0.1) is 0 Å². The second-order valence-corrected chi connectivity index (χ2v) is 6.75. The molecule has 1 aromatic carbocycles. The van der Waals surface area contributed by atoms with Gasteiger partial charge in [-0.25, -0.2) is 0 Å². The Labute approximate surface area is 157 Å². The van der Waals surface area contributed by atoms with Crippen LogP contribution in [-0.2, 0) is 16.1 Å². The van der Waals surface area contributed by atoms with Gasteiger partial charge in [-0.05, 0) is 43.2 Å². The summed E-state index contributed by atoms with van der Waals surface area (Å²) in [7, 11) is 0. The molecular weight excluding hydrogens is 346 g/mol. The summed E-state index contributed by atoms with van der Waals surface area (Å²) in [6, 6.07) is 10.5. The minimum atomic E-state index is -0.478. The van der Waals surface area contributed by atoms with E-state index < -0.39 is 6.04 Å². The van der Waals surface area contributed by atoms with Gasteiger partial charge < -0.3 is 19.7 Å². The third kappa shape index (κ3) is 3.58. The quantitative estimate of drug-likeness (QED) is 0.876. The van der Waals surface area contributed by atoms with Crippen molar-refractivity contribution in [1.29, 1.82) is 0 Å². The predicted octanol–water partition coefficient (Wildman–Crippen LogP) is 2.18. The Morgan fingerprint density at radius 1 is 1.30 bits per heavy atom. The molecule has 1 aromatic heterocycles. The van der Waals surface area contributed by atoms with E-state index in [1.165, 1.54) is 0 Å². The molecular formula is C20H21N3O4. The lowest BCUT2D eigenvalue weighted by Gasteiger charge is -2.25. The summed E-state index contributed by atoms with van der Waals surface area (Å²) in [5.74, 6) is 1.20. The van der Waals surface area contributed by atoms with Gasteiger partial charge in [-0.3, -0.25) is 14.6 Å². The molecule has 0 bridgehead atoms. The van der Waals surface area contributed by atoms with Crippen LogP contribution >= 0.6 is 0 Å². The second kappa shape index (κ2) is 7.26. The number of nitrogens with one attached hydrogen (secondary N) is 1. The number of amides is 2. The summed E-state index contributed by atoms with van der Waals surface area (Å²) < 4.78 is 10.7. The normalized spacial score (nSPS) is 19.2. The molecule has 2 unspecified atom stereocenters. The minimum absolute atomic E-state index is 0.0155. The maximum Gasteiger partial charge on any atom is 0.243 e. The fourth-order valence-corrected chi connectivity index (χ4v) is 3.46. The van der Waals surface area contributed by atoms with Gasteiger partial charge in [0.2, 0.25) is 18.6 Å². The van der Waals surface area contributed by atoms with Gasteiger partial charge in [0, 0.05) is 19.2 Å². The van der Waals surface area contributed by atoms with Crippen LogP contribution < -0.4 is 14.8 Å². The first-order valence-corrected chi connectivity index (χ1v) is 9.01. The third-order valence-electron chi connectivity index (χ3n) is 4.91. The third-order valence-corrected chi connectivity index (χ3v) is 4.91. The second-order valence-electron chi connectivity index (χ2n) is 6.75. The summed E-state index contributed by atoms with van der Waals surface area (Å²) in [6.45, 7) is 2.46. The van der Waals surface area contributed by atoms with E-state index in [4.69, 9.17) is 9.47 Å². The maximum atomic E-state index is 12.8. The van der Waals surface area contributed by atoms with Crippen LogP contribution in [0.15, 0.2) is 42.6 Å². The smallest absolute Gasteiger partial charge is 0.243 e. The zero-order valence-electron chi connectivity index (χ0n) is 15.1. The lowest BCUT2D eigenvalue weighted by molar-refractivity contribution is -0.136. The molecule has 0 radical (unpaired) electrons. The molecule has 1 fully saturated rings. The number of aromatic nitrogens is 1. The van der Waals surface area contributed by atoms with Crippen molar-refractivity contribution in [3.8, 4) is 11.5 Å². The van der Waals surface area contributed by atoms with Gasteiger partial charge >= 0.3 is 0 Å². The first kappa shape index (κ1) is 17.3. The number of likely N-dealkylation sites (tertiary alicyclic amines) is 1. The Morgan fingerprint density at radius 2 is 2.15 bits per heavy atom. The Morgan fingerprint density at radius 3 is 2.96 bits per heavy atom. The molecule has 3 heterocycles. The highest BCUT2D eigenvalue weighted by Crippen LogP contribution is 2.33. The number of ether oxygens (including phenoxy) is 2. The molecule has 1 N–H and O–H groups in total. The molecule has 0 aliphatic carbocycles. The van der Waals surface area contributed by atoms with Crippen LogP contribution in [0.3, 0.4) is 0 Å². The number of carbonyl (C=O) groups is 2. The Balaban J connectivity index is 1.45. The maximum absolute atomic E-state index is 12.8. The van der Waals surface area contributed by atoms with E-state index in [9.17, 15) is 9.59 Å². The molecule has 0 saturated carbocycles. The van der Waals surface area contributed by atoms with Gasteiger partial charge in [0.05, 0.1) is 11.7 Å². The molecule has 1 saturated heterocycles. The first-order chi connectivity index (χ1) is 13.1. The number of hydrogen-bond donors (Lipinski definition) is 1. The topological polar surface area (TPSA) is 80.8 Å². The molecule has 2 aliphatic rings. The van der Waals surface area contributed by atoms with E-state index in [-0.39, 0.29) is 24.6 Å². The van der Waals surface area contributed by atoms with Crippen molar-refractivity contribution in [2.45, 2.75) is 38.4 Å². The summed E-state index contributed by atoms with van der Waals surface area (Å²) in [5.41, 5.74) is 1.70. The van der Waals surface area contributed by atoms with Crippen molar-refractivity contribution in [1.82, 2.24) is 15.2 Å². The highest BCUT2D eigenvalue weighted by atomic mass is 16.7. The summed E-state index contributed by atoms with van der Waals surface area (Å²) in [6.07, 6.45) is 2.59. The van der Waals surface area contributed by atoms with Crippen molar-refractivity contribution in [3.63, 3.8) is 0 Å². The Bertz CT molecular complexity index is 856. The number of carbonyl (C=O) groups excluding carboxylic acids is 2. The molecule has 2 aliphatic heterocycles. The minimum Gasteiger partial charge on any atom is -0.454 e. The van der Waals surface area contributed by atoms with Crippen LogP contribution in [0.25, 0.3) is 0 Å². The SMILES string of the molecule is CC(NC(=O)C1CCC(=O)N1Cc1ccc2c(c1)OCO2)c1ccccn1. The van der Waals surface area contributed by atoms with Crippen LogP contribution in [0.1, 0.15) is 37.1 Å². The lowest BCUT2D eigenvalue weighted by Crippen LogP contribution is -2.45. The molecule has 2 amide bonds. The van der Waals surface area contributed by atoms with Gasteiger partial charge in [0.25, 0.3) is 0 Å². The molecule has 140 valence electrons. The van der Waals surface area contributed by atoms with E-state index >= 15 is 0 Å². The average Bonchev–Trinajstić information content (AvgIpc) is 3.29. The molecule has 7 heteroatoms. The van der Waals surface area contributed by atoms with E-state index in [1.54, 1.807) is 11.1 Å². The van der Waals surface area contributed by atoms with Crippen molar-refractivity contribution >= 4 is 11.8 Å². The van der Waals surface area contributed by atoms with Crippen molar-refractivity contribution < 1.29 is 19.1 Å². The fourth-order valence-electron chi connectivity index (χ4n) is 3.46. The van der Waals surface area contributed by atoms with Crippen molar-refractivity contribution in [2.24, 2.45) is 0 Å². The number of rotatable bonds is 5. The van der Waals surface area contributed by atoms with Crippen LogP contribution in [0.5, 0.6) is 11.5 Å².